The van der Waals surface area contributed by atoms with Gasteiger partial charge in [-0.2, -0.15) is 0 Å². The number of anilines is 1. The molecule has 0 fully saturated rings. The molecule has 0 unspecified atom stereocenters. The van der Waals surface area contributed by atoms with E-state index >= 15 is 0 Å². The predicted octanol–water partition coefficient (Wildman–Crippen LogP) is 5.31. The van der Waals surface area contributed by atoms with Gasteiger partial charge in [-0.05, 0) is 43.5 Å². The van der Waals surface area contributed by atoms with Crippen molar-refractivity contribution < 1.29 is 4.79 Å². The van der Waals surface area contributed by atoms with E-state index in [-0.39, 0.29) is 5.91 Å². The van der Waals surface area contributed by atoms with E-state index in [0.29, 0.717) is 13.1 Å². The van der Waals surface area contributed by atoms with E-state index in [1.54, 1.807) is 11.3 Å². The lowest BCUT2D eigenvalue weighted by Crippen LogP contribution is -2.30. The van der Waals surface area contributed by atoms with Crippen LogP contribution in [0.15, 0.2) is 47.8 Å². The molecule has 1 aliphatic heterocycles. The SMILES string of the molecule is CCN(CC)C(=O)c1sccc1-c1c2ccc(=[N+](C)C)cc-2sc2cc(N(C)C)ccc12. The normalized spacial score (nSPS) is 11.2. The van der Waals surface area contributed by atoms with Crippen molar-refractivity contribution in [3.05, 3.63) is 58.1 Å². The summed E-state index contributed by atoms with van der Waals surface area (Å²) in [6, 6.07) is 15.4. The number of nitrogens with zero attached hydrogens (tertiary/aromatic N) is 3. The highest BCUT2D eigenvalue weighted by Gasteiger charge is 2.24. The summed E-state index contributed by atoms with van der Waals surface area (Å²) >= 11 is 3.35. The Labute approximate surface area is 198 Å². The number of rotatable bonds is 5. The van der Waals surface area contributed by atoms with E-state index in [4.69, 9.17) is 0 Å². The molecule has 0 N–H and O–H groups in total. The minimum Gasteiger partial charge on any atom is -0.378 e. The van der Waals surface area contributed by atoms with E-state index in [0.717, 1.165) is 16.0 Å². The van der Waals surface area contributed by atoms with Crippen LogP contribution in [0, 0.1) is 0 Å². The number of carbonyl (C=O) groups is 1. The summed E-state index contributed by atoms with van der Waals surface area (Å²) in [4.78, 5) is 19.4. The summed E-state index contributed by atoms with van der Waals surface area (Å²) < 4.78 is 3.36. The first-order valence-electron chi connectivity index (χ1n) is 10.9. The van der Waals surface area contributed by atoms with Crippen molar-refractivity contribution in [1.29, 1.82) is 0 Å². The lowest BCUT2D eigenvalue weighted by Gasteiger charge is -2.21. The highest BCUT2D eigenvalue weighted by atomic mass is 32.1. The van der Waals surface area contributed by atoms with Crippen LogP contribution in [0.25, 0.3) is 31.7 Å². The minimum atomic E-state index is 0.114. The molecule has 0 bridgehead atoms. The lowest BCUT2D eigenvalue weighted by atomic mass is 9.95. The van der Waals surface area contributed by atoms with Crippen LogP contribution >= 0.6 is 22.7 Å². The predicted molar refractivity (Wildman–Crippen MR) is 140 cm³/mol. The summed E-state index contributed by atoms with van der Waals surface area (Å²) in [6.45, 7) is 5.50. The number of hydrogen-bond donors (Lipinski definition) is 0. The molecule has 2 aromatic rings. The molecule has 0 saturated heterocycles. The maximum absolute atomic E-state index is 13.3. The van der Waals surface area contributed by atoms with Crippen LogP contribution in [-0.2, 0) is 0 Å². The largest absolute Gasteiger partial charge is 0.378 e. The lowest BCUT2D eigenvalue weighted by molar-refractivity contribution is 0.0778. The van der Waals surface area contributed by atoms with Crippen molar-refractivity contribution in [3.8, 4) is 21.6 Å². The monoisotopic (exact) mass is 464 g/mol. The maximum atomic E-state index is 13.3. The molecule has 4 rings (SSSR count). The molecule has 4 nitrogen and oxygen atoms in total. The number of amides is 1. The summed E-state index contributed by atoms with van der Waals surface area (Å²) in [7, 11) is 8.27. The number of benzene rings is 2. The average molecular weight is 465 g/mol. The van der Waals surface area contributed by atoms with E-state index in [1.165, 1.54) is 31.6 Å². The third-order valence-electron chi connectivity index (χ3n) is 5.90. The van der Waals surface area contributed by atoms with Crippen molar-refractivity contribution >= 4 is 44.4 Å². The Balaban J connectivity index is 2.07. The van der Waals surface area contributed by atoms with Crippen molar-refractivity contribution in [2.24, 2.45) is 0 Å². The summed E-state index contributed by atoms with van der Waals surface area (Å²) in [5.74, 6) is 0.114. The van der Waals surface area contributed by atoms with E-state index < -0.39 is 0 Å². The Morgan fingerprint density at radius 1 is 0.969 bits per heavy atom. The summed E-state index contributed by atoms with van der Waals surface area (Å²) in [5.41, 5.74) is 4.55. The zero-order valence-corrected chi connectivity index (χ0v) is 21.2. The Morgan fingerprint density at radius 3 is 2.38 bits per heavy atom. The van der Waals surface area contributed by atoms with Gasteiger partial charge in [0.1, 0.15) is 14.1 Å². The Morgan fingerprint density at radius 2 is 1.72 bits per heavy atom. The van der Waals surface area contributed by atoms with Crippen molar-refractivity contribution in [1.82, 2.24) is 9.48 Å². The molecule has 166 valence electrons. The van der Waals surface area contributed by atoms with Gasteiger partial charge in [0, 0.05) is 76.7 Å². The third-order valence-corrected chi connectivity index (χ3v) is 7.92. The first kappa shape index (κ1) is 22.5. The Kier molecular flexibility index (Phi) is 6.35. The Bertz CT molecular complexity index is 1320. The molecule has 1 aliphatic carbocycles. The van der Waals surface area contributed by atoms with Crippen molar-refractivity contribution in [2.75, 3.05) is 46.2 Å². The van der Waals surface area contributed by atoms with Crippen molar-refractivity contribution in [2.45, 2.75) is 13.8 Å². The van der Waals surface area contributed by atoms with Gasteiger partial charge in [0.25, 0.3) is 5.91 Å². The standard InChI is InChI=1S/C26H30N3OS2/c1-7-29(8-2)26(30)25-21(13-14-31-25)24-19-11-9-17(27(3)4)15-22(19)32-23-16-18(28(5)6)10-12-20(23)24/h9-16H,7-8H2,1-6H3/q+1. The van der Waals surface area contributed by atoms with Crippen LogP contribution in [-0.4, -0.2) is 52.1 Å². The highest BCUT2D eigenvalue weighted by molar-refractivity contribution is 7.22. The molecule has 0 spiro atoms. The molecule has 32 heavy (non-hydrogen) atoms. The molecule has 1 amide bonds. The van der Waals surface area contributed by atoms with Crippen LogP contribution in [0.2, 0.25) is 0 Å². The first-order valence-corrected chi connectivity index (χ1v) is 12.6. The minimum absolute atomic E-state index is 0.114. The molecule has 2 heterocycles. The van der Waals surface area contributed by atoms with Gasteiger partial charge in [0.15, 0.2) is 0 Å². The molecular weight excluding hydrogens is 434 g/mol. The van der Waals surface area contributed by atoms with Crippen molar-refractivity contribution in [3.63, 3.8) is 0 Å². The van der Waals surface area contributed by atoms with Gasteiger partial charge in [-0.3, -0.25) is 4.79 Å². The average Bonchev–Trinajstić information content (AvgIpc) is 3.26. The second kappa shape index (κ2) is 9.04. The molecular formula is C26H30N3OS2+. The van der Waals surface area contributed by atoms with Gasteiger partial charge in [0.2, 0.25) is 5.36 Å². The fraction of sp³-hybridized carbons (Fsp3) is 0.308. The number of hydrogen-bond acceptors (Lipinski definition) is 4. The quantitative estimate of drug-likeness (QED) is 0.295. The maximum Gasteiger partial charge on any atom is 0.264 e. The van der Waals surface area contributed by atoms with Gasteiger partial charge in [-0.25, -0.2) is 4.58 Å². The summed E-state index contributed by atoms with van der Waals surface area (Å²) in [6.07, 6.45) is 0. The van der Waals surface area contributed by atoms with Gasteiger partial charge in [-0.1, -0.05) is 6.07 Å². The van der Waals surface area contributed by atoms with Crippen LogP contribution in [0.1, 0.15) is 23.5 Å². The number of carbonyl (C=O) groups excluding carboxylic acids is 1. The molecule has 0 saturated carbocycles. The molecule has 1 aromatic carbocycles. The van der Waals surface area contributed by atoms with E-state index in [1.807, 2.05) is 35.5 Å². The smallest absolute Gasteiger partial charge is 0.264 e. The van der Waals surface area contributed by atoms with Gasteiger partial charge in [-0.15, -0.1) is 22.7 Å². The zero-order valence-electron chi connectivity index (χ0n) is 19.6. The van der Waals surface area contributed by atoms with Crippen LogP contribution in [0.3, 0.4) is 0 Å². The zero-order chi connectivity index (χ0) is 23.0. The molecule has 2 aliphatic rings. The second-order valence-corrected chi connectivity index (χ2v) is 10.3. The summed E-state index contributed by atoms with van der Waals surface area (Å²) in [5, 5.41) is 4.41. The fourth-order valence-corrected chi connectivity index (χ4v) is 6.06. The van der Waals surface area contributed by atoms with Gasteiger partial charge in [0.05, 0.1) is 4.88 Å². The molecule has 6 heteroatoms. The fourth-order valence-electron chi connectivity index (χ4n) is 4.04. The van der Waals surface area contributed by atoms with Gasteiger partial charge < -0.3 is 9.80 Å². The van der Waals surface area contributed by atoms with Crippen LogP contribution in [0.5, 0.6) is 0 Å². The Hall–Kier alpha value is -2.70. The molecule has 0 atom stereocenters. The third kappa shape index (κ3) is 3.93. The van der Waals surface area contributed by atoms with E-state index in [2.05, 4.69) is 80.1 Å². The first-order chi connectivity index (χ1) is 15.3. The second-order valence-electron chi connectivity index (χ2n) is 8.27. The van der Waals surface area contributed by atoms with Gasteiger partial charge >= 0.3 is 0 Å². The van der Waals surface area contributed by atoms with Crippen LogP contribution < -0.4 is 14.8 Å². The number of fused-ring (bicyclic) bond motifs is 2. The molecule has 0 radical (unpaired) electrons. The number of thiophene rings is 1. The van der Waals surface area contributed by atoms with E-state index in [9.17, 15) is 4.79 Å². The highest BCUT2D eigenvalue weighted by Crippen LogP contribution is 2.45. The topological polar surface area (TPSA) is 26.6 Å². The van der Waals surface area contributed by atoms with Crippen LogP contribution in [0.4, 0.5) is 5.69 Å². The molecule has 1 aromatic heterocycles.